The summed E-state index contributed by atoms with van der Waals surface area (Å²) in [5, 5.41) is 2.53. The van der Waals surface area contributed by atoms with Crippen LogP contribution in [0.5, 0.6) is 5.88 Å². The minimum absolute atomic E-state index is 0.0334. The number of ether oxygens (including phenoxy) is 1. The van der Waals surface area contributed by atoms with Crippen LogP contribution in [0.2, 0.25) is 0 Å². The lowest BCUT2D eigenvalue weighted by Crippen LogP contribution is -2.35. The normalized spacial score (nSPS) is 15.6. The molecule has 1 amide bonds. The second kappa shape index (κ2) is 9.00. The Kier molecular flexibility index (Phi) is 6.61. The van der Waals surface area contributed by atoms with E-state index in [4.69, 9.17) is 0 Å². The summed E-state index contributed by atoms with van der Waals surface area (Å²) in [7, 11) is -3.68. The van der Waals surface area contributed by atoms with E-state index in [0.29, 0.717) is 13.1 Å². The number of carbonyl (C=O) groups excluding carboxylic acids is 1. The number of alkyl halides is 3. The summed E-state index contributed by atoms with van der Waals surface area (Å²) in [6, 6.07) is 8.23. The highest BCUT2D eigenvalue weighted by Gasteiger charge is 2.29. The molecule has 1 aromatic carbocycles. The Morgan fingerprint density at radius 1 is 1.13 bits per heavy atom. The van der Waals surface area contributed by atoms with E-state index in [9.17, 15) is 26.4 Å². The number of sulfonamides is 1. The van der Waals surface area contributed by atoms with Gasteiger partial charge in [0.15, 0.2) is 6.61 Å². The fourth-order valence-corrected chi connectivity index (χ4v) is 4.51. The quantitative estimate of drug-likeness (QED) is 0.739. The average molecular weight is 443 g/mol. The van der Waals surface area contributed by atoms with Crippen LogP contribution >= 0.6 is 0 Å². The van der Waals surface area contributed by atoms with Gasteiger partial charge in [-0.3, -0.25) is 4.79 Å². The van der Waals surface area contributed by atoms with Gasteiger partial charge in [0.2, 0.25) is 15.9 Å². The number of halogens is 3. The summed E-state index contributed by atoms with van der Waals surface area (Å²) < 4.78 is 68.0. The van der Waals surface area contributed by atoms with Crippen molar-refractivity contribution in [2.24, 2.45) is 0 Å². The van der Waals surface area contributed by atoms with Crippen LogP contribution in [-0.2, 0) is 10.0 Å². The van der Waals surface area contributed by atoms with Crippen molar-refractivity contribution in [2.75, 3.05) is 25.0 Å². The van der Waals surface area contributed by atoms with Gasteiger partial charge in [-0.15, -0.1) is 0 Å². The molecule has 2 heterocycles. The van der Waals surface area contributed by atoms with E-state index < -0.39 is 28.7 Å². The molecule has 0 atom stereocenters. The smallest absolute Gasteiger partial charge is 0.422 e. The zero-order chi connectivity index (χ0) is 21.8. The zero-order valence-corrected chi connectivity index (χ0v) is 16.7. The van der Waals surface area contributed by atoms with Crippen molar-refractivity contribution in [2.45, 2.75) is 30.3 Å². The Labute approximate surface area is 171 Å². The Balaban J connectivity index is 1.68. The number of piperidine rings is 1. The van der Waals surface area contributed by atoms with Crippen molar-refractivity contribution in [3.63, 3.8) is 0 Å². The predicted molar refractivity (Wildman–Crippen MR) is 103 cm³/mol. The number of hydrogen-bond acceptors (Lipinski definition) is 5. The molecule has 11 heteroatoms. The van der Waals surface area contributed by atoms with Crippen molar-refractivity contribution in [3.05, 3.63) is 48.2 Å². The van der Waals surface area contributed by atoms with Gasteiger partial charge in [-0.2, -0.15) is 17.5 Å². The SMILES string of the molecule is O=C(Nc1ccc(OCC(F)(F)F)nc1)c1cccc(S(=O)(=O)N2CCCCC2)c1. The molecule has 1 saturated heterocycles. The number of amides is 1. The molecule has 1 N–H and O–H groups in total. The first-order valence-corrected chi connectivity index (χ1v) is 10.7. The van der Waals surface area contributed by atoms with E-state index in [1.54, 1.807) is 0 Å². The molecule has 30 heavy (non-hydrogen) atoms. The van der Waals surface area contributed by atoms with E-state index >= 15 is 0 Å². The minimum atomic E-state index is -4.48. The Morgan fingerprint density at radius 3 is 2.50 bits per heavy atom. The van der Waals surface area contributed by atoms with E-state index in [-0.39, 0.29) is 22.0 Å². The molecule has 0 unspecified atom stereocenters. The highest BCUT2D eigenvalue weighted by atomic mass is 32.2. The molecule has 0 spiro atoms. The zero-order valence-electron chi connectivity index (χ0n) is 15.9. The summed E-state index contributed by atoms with van der Waals surface area (Å²) in [6.45, 7) is -0.565. The topological polar surface area (TPSA) is 88.6 Å². The molecule has 3 rings (SSSR count). The van der Waals surface area contributed by atoms with Crippen LogP contribution < -0.4 is 10.1 Å². The molecular formula is C19H20F3N3O4S. The molecule has 162 valence electrons. The molecule has 1 aromatic heterocycles. The fourth-order valence-electron chi connectivity index (χ4n) is 2.95. The highest BCUT2D eigenvalue weighted by Crippen LogP contribution is 2.22. The number of aromatic nitrogens is 1. The molecule has 0 bridgehead atoms. The molecule has 1 aliphatic heterocycles. The van der Waals surface area contributed by atoms with Crippen molar-refractivity contribution in [1.29, 1.82) is 0 Å². The maximum absolute atomic E-state index is 12.8. The van der Waals surface area contributed by atoms with Gasteiger partial charge in [-0.05, 0) is 37.1 Å². The third kappa shape index (κ3) is 5.70. The van der Waals surface area contributed by atoms with Gasteiger partial charge in [0.25, 0.3) is 5.91 Å². The van der Waals surface area contributed by atoms with Crippen molar-refractivity contribution >= 4 is 21.6 Å². The number of anilines is 1. The first kappa shape index (κ1) is 22.0. The number of hydrogen-bond donors (Lipinski definition) is 1. The van der Waals surface area contributed by atoms with Crippen molar-refractivity contribution < 1.29 is 31.1 Å². The van der Waals surface area contributed by atoms with Gasteiger partial charge in [0, 0.05) is 24.7 Å². The van der Waals surface area contributed by atoms with Crippen LogP contribution in [0.4, 0.5) is 18.9 Å². The lowest BCUT2D eigenvalue weighted by atomic mass is 10.2. The van der Waals surface area contributed by atoms with Crippen LogP contribution in [-0.4, -0.2) is 49.5 Å². The third-order valence-corrected chi connectivity index (χ3v) is 6.32. The van der Waals surface area contributed by atoms with Crippen molar-refractivity contribution in [1.82, 2.24) is 9.29 Å². The van der Waals surface area contributed by atoms with Crippen molar-refractivity contribution in [3.8, 4) is 5.88 Å². The average Bonchev–Trinajstić information content (AvgIpc) is 2.73. The first-order valence-electron chi connectivity index (χ1n) is 9.22. The van der Waals surface area contributed by atoms with Crippen LogP contribution in [0.3, 0.4) is 0 Å². The van der Waals surface area contributed by atoms with E-state index in [1.807, 2.05) is 0 Å². The molecule has 1 aliphatic rings. The number of nitrogens with one attached hydrogen (secondary N) is 1. The maximum Gasteiger partial charge on any atom is 0.422 e. The Hall–Kier alpha value is -2.66. The lowest BCUT2D eigenvalue weighted by Gasteiger charge is -2.26. The number of nitrogens with zero attached hydrogens (tertiary/aromatic N) is 2. The largest absolute Gasteiger partial charge is 0.468 e. The summed E-state index contributed by atoms with van der Waals surface area (Å²) in [6.07, 6.45) is -0.737. The van der Waals surface area contributed by atoms with E-state index in [0.717, 1.165) is 25.5 Å². The summed E-state index contributed by atoms with van der Waals surface area (Å²) in [4.78, 5) is 16.2. The van der Waals surface area contributed by atoms with Gasteiger partial charge < -0.3 is 10.1 Å². The third-order valence-electron chi connectivity index (χ3n) is 4.43. The monoisotopic (exact) mass is 443 g/mol. The first-order chi connectivity index (χ1) is 14.1. The second-order valence-corrected chi connectivity index (χ2v) is 8.67. The predicted octanol–water partition coefficient (Wildman–Crippen LogP) is 3.45. The molecule has 0 radical (unpaired) electrons. The van der Waals surface area contributed by atoms with Gasteiger partial charge in [0.05, 0.1) is 16.8 Å². The van der Waals surface area contributed by atoms with E-state index in [2.05, 4.69) is 15.0 Å². The van der Waals surface area contributed by atoms with Crippen LogP contribution in [0, 0.1) is 0 Å². The minimum Gasteiger partial charge on any atom is -0.468 e. The highest BCUT2D eigenvalue weighted by molar-refractivity contribution is 7.89. The Morgan fingerprint density at radius 2 is 1.87 bits per heavy atom. The van der Waals surface area contributed by atoms with Crippen LogP contribution in [0.25, 0.3) is 0 Å². The number of carbonyl (C=O) groups is 1. The molecular weight excluding hydrogens is 423 g/mol. The number of benzene rings is 1. The molecule has 2 aromatic rings. The van der Waals surface area contributed by atoms with Gasteiger partial charge in [0.1, 0.15) is 0 Å². The second-order valence-electron chi connectivity index (χ2n) is 6.74. The van der Waals surface area contributed by atoms with Crippen LogP contribution in [0.1, 0.15) is 29.6 Å². The molecule has 1 fully saturated rings. The fraction of sp³-hybridized carbons (Fsp3) is 0.368. The van der Waals surface area contributed by atoms with E-state index in [1.165, 1.54) is 40.7 Å². The summed E-state index contributed by atoms with van der Waals surface area (Å²) in [5.74, 6) is -0.809. The maximum atomic E-state index is 12.8. The Bertz CT molecular complexity index is 989. The molecule has 0 aliphatic carbocycles. The van der Waals surface area contributed by atoms with Crippen LogP contribution in [0.15, 0.2) is 47.5 Å². The van der Waals surface area contributed by atoms with Gasteiger partial charge in [-0.1, -0.05) is 12.5 Å². The number of pyridine rings is 1. The van der Waals surface area contributed by atoms with Gasteiger partial charge in [-0.25, -0.2) is 13.4 Å². The molecule has 0 saturated carbocycles. The van der Waals surface area contributed by atoms with Gasteiger partial charge >= 0.3 is 6.18 Å². The molecule has 7 nitrogen and oxygen atoms in total. The standard InChI is InChI=1S/C19H20F3N3O4S/c20-19(21,22)13-29-17-8-7-15(12-23-17)24-18(26)14-5-4-6-16(11-14)30(27,28)25-9-2-1-3-10-25/h4-8,11-12H,1-3,9-10,13H2,(H,24,26). The lowest BCUT2D eigenvalue weighted by molar-refractivity contribution is -0.154. The number of rotatable bonds is 6. The summed E-state index contributed by atoms with van der Waals surface area (Å²) >= 11 is 0. The summed E-state index contributed by atoms with van der Waals surface area (Å²) in [5.41, 5.74) is 0.356.